The second-order valence-corrected chi connectivity index (χ2v) is 6.98. The van der Waals surface area contributed by atoms with Crippen LogP contribution in [0.25, 0.3) is 10.9 Å². The molecule has 0 aliphatic rings. The van der Waals surface area contributed by atoms with Gasteiger partial charge in [0.25, 0.3) is 0 Å². The highest BCUT2D eigenvalue weighted by Crippen LogP contribution is 2.21. The maximum Gasteiger partial charge on any atom is 0.242 e. The van der Waals surface area contributed by atoms with Gasteiger partial charge in [0.2, 0.25) is 10.0 Å². The number of hydrogen-bond acceptors (Lipinski definition) is 4. The van der Waals surface area contributed by atoms with Gasteiger partial charge >= 0.3 is 0 Å². The Kier molecular flexibility index (Phi) is 4.16. The van der Waals surface area contributed by atoms with Gasteiger partial charge in [0.1, 0.15) is 11.0 Å². The molecule has 2 aromatic heterocycles. The van der Waals surface area contributed by atoms with Crippen LogP contribution in [0.4, 0.5) is 0 Å². The van der Waals surface area contributed by atoms with Crippen molar-refractivity contribution in [1.29, 1.82) is 0 Å². The van der Waals surface area contributed by atoms with Crippen LogP contribution in [0.15, 0.2) is 59.8 Å². The van der Waals surface area contributed by atoms with Crippen molar-refractivity contribution >= 4 is 20.9 Å². The fraction of sp³-hybridized carbons (Fsp3) is 0.188. The highest BCUT2D eigenvalue weighted by molar-refractivity contribution is 7.89. The van der Waals surface area contributed by atoms with Crippen LogP contribution in [0.3, 0.4) is 0 Å². The molecule has 1 atom stereocenters. The van der Waals surface area contributed by atoms with Gasteiger partial charge in [-0.1, -0.05) is 18.2 Å². The number of aliphatic hydroxyl groups is 1. The van der Waals surface area contributed by atoms with E-state index in [-0.39, 0.29) is 11.4 Å². The predicted octanol–water partition coefficient (Wildman–Crippen LogP) is 1.59. The summed E-state index contributed by atoms with van der Waals surface area (Å²) in [5, 5.41) is 10.9. The van der Waals surface area contributed by atoms with Crippen molar-refractivity contribution in [3.63, 3.8) is 0 Å². The molecule has 0 radical (unpaired) electrons. The number of nitrogens with one attached hydrogen (secondary N) is 1. The molecule has 0 saturated heterocycles. The van der Waals surface area contributed by atoms with Crippen molar-refractivity contribution in [2.75, 3.05) is 6.54 Å². The molecule has 6 nitrogen and oxygen atoms in total. The fourth-order valence-electron chi connectivity index (χ4n) is 2.48. The minimum atomic E-state index is -3.77. The first kappa shape index (κ1) is 15.7. The Morgan fingerprint density at radius 3 is 2.74 bits per heavy atom. The average molecular weight is 331 g/mol. The third kappa shape index (κ3) is 3.12. The molecule has 0 spiro atoms. The van der Waals surface area contributed by atoms with Gasteiger partial charge in [0.15, 0.2) is 0 Å². The molecule has 0 aliphatic heterocycles. The van der Waals surface area contributed by atoms with E-state index in [2.05, 4.69) is 9.71 Å². The third-order valence-corrected chi connectivity index (χ3v) is 5.13. The largest absolute Gasteiger partial charge is 0.386 e. The molecule has 2 heterocycles. The standard InChI is InChI=1S/C16H17N3O3S/c1-19-10-4-7-13(19)14(20)11-18-23(21,22)15-8-2-5-12-6-3-9-17-16(12)15/h2-10,14,18,20H,11H2,1H3. The van der Waals surface area contributed by atoms with Crippen LogP contribution >= 0.6 is 0 Å². The van der Waals surface area contributed by atoms with Crippen LogP contribution in [0.1, 0.15) is 11.8 Å². The number of sulfonamides is 1. The highest BCUT2D eigenvalue weighted by Gasteiger charge is 2.20. The number of hydrogen-bond donors (Lipinski definition) is 2. The number of benzene rings is 1. The number of fused-ring (bicyclic) bond motifs is 1. The Balaban J connectivity index is 1.85. The zero-order chi connectivity index (χ0) is 16.4. The Hall–Kier alpha value is -2.22. The molecule has 0 amide bonds. The van der Waals surface area contributed by atoms with E-state index in [1.807, 2.05) is 0 Å². The predicted molar refractivity (Wildman–Crippen MR) is 87.3 cm³/mol. The van der Waals surface area contributed by atoms with Crippen molar-refractivity contribution < 1.29 is 13.5 Å². The molecule has 0 bridgehead atoms. The molecule has 7 heteroatoms. The van der Waals surface area contributed by atoms with Gasteiger partial charge < -0.3 is 9.67 Å². The quantitative estimate of drug-likeness (QED) is 0.743. The first-order chi connectivity index (χ1) is 11.0. The molecule has 23 heavy (non-hydrogen) atoms. The summed E-state index contributed by atoms with van der Waals surface area (Å²) in [6, 6.07) is 12.1. The lowest BCUT2D eigenvalue weighted by atomic mass is 10.2. The average Bonchev–Trinajstić information content (AvgIpc) is 2.98. The number of aliphatic hydroxyl groups excluding tert-OH is 1. The van der Waals surface area contributed by atoms with E-state index in [1.165, 1.54) is 6.07 Å². The molecule has 0 aliphatic carbocycles. The van der Waals surface area contributed by atoms with Crippen molar-refractivity contribution in [1.82, 2.24) is 14.3 Å². The highest BCUT2D eigenvalue weighted by atomic mass is 32.2. The SMILES string of the molecule is Cn1cccc1C(O)CNS(=O)(=O)c1cccc2cccnc12. The first-order valence-corrected chi connectivity index (χ1v) is 8.60. The number of para-hydroxylation sites is 1. The topological polar surface area (TPSA) is 84.2 Å². The molecule has 1 aromatic carbocycles. The van der Waals surface area contributed by atoms with E-state index in [4.69, 9.17) is 0 Å². The Morgan fingerprint density at radius 2 is 2.00 bits per heavy atom. The molecule has 3 rings (SSSR count). The van der Waals surface area contributed by atoms with Crippen LogP contribution in [0.5, 0.6) is 0 Å². The zero-order valence-corrected chi connectivity index (χ0v) is 13.4. The summed E-state index contributed by atoms with van der Waals surface area (Å²) in [4.78, 5) is 4.26. The summed E-state index contributed by atoms with van der Waals surface area (Å²) < 4.78 is 29.3. The zero-order valence-electron chi connectivity index (χ0n) is 12.5. The van der Waals surface area contributed by atoms with Gasteiger partial charge in [-0.05, 0) is 24.3 Å². The smallest absolute Gasteiger partial charge is 0.242 e. The van der Waals surface area contributed by atoms with Crippen LogP contribution < -0.4 is 4.72 Å². The van der Waals surface area contributed by atoms with E-state index in [0.29, 0.717) is 11.2 Å². The lowest BCUT2D eigenvalue weighted by Gasteiger charge is -2.14. The number of rotatable bonds is 5. The summed E-state index contributed by atoms with van der Waals surface area (Å²) in [7, 11) is -1.97. The van der Waals surface area contributed by atoms with Gasteiger partial charge in [0.05, 0.1) is 5.52 Å². The molecule has 2 N–H and O–H groups in total. The van der Waals surface area contributed by atoms with Gasteiger partial charge in [-0.2, -0.15) is 0 Å². The minimum absolute atomic E-state index is 0.106. The Labute approximate surface area is 134 Å². The van der Waals surface area contributed by atoms with Crippen LogP contribution in [0, 0.1) is 0 Å². The molecule has 120 valence electrons. The van der Waals surface area contributed by atoms with Crippen LogP contribution in [0.2, 0.25) is 0 Å². The van der Waals surface area contributed by atoms with Crippen LogP contribution in [-0.4, -0.2) is 29.6 Å². The Bertz CT molecular complexity index is 929. The molecule has 0 fully saturated rings. The normalized spacial score (nSPS) is 13.3. The van der Waals surface area contributed by atoms with E-state index >= 15 is 0 Å². The summed E-state index contributed by atoms with van der Waals surface area (Å²) >= 11 is 0. The van der Waals surface area contributed by atoms with E-state index in [0.717, 1.165) is 5.39 Å². The van der Waals surface area contributed by atoms with Gasteiger partial charge in [-0.3, -0.25) is 4.98 Å². The summed E-state index contributed by atoms with van der Waals surface area (Å²) in [5.41, 5.74) is 1.06. The van der Waals surface area contributed by atoms with Crippen LogP contribution in [-0.2, 0) is 17.1 Å². The fourth-order valence-corrected chi connectivity index (χ4v) is 3.70. The molecule has 1 unspecified atom stereocenters. The molecular formula is C16H17N3O3S. The number of nitrogens with zero attached hydrogens (tertiary/aromatic N) is 2. The third-order valence-electron chi connectivity index (χ3n) is 3.68. The van der Waals surface area contributed by atoms with Crippen molar-refractivity contribution in [2.45, 2.75) is 11.0 Å². The molecule has 3 aromatic rings. The van der Waals surface area contributed by atoms with E-state index in [9.17, 15) is 13.5 Å². The lowest BCUT2D eigenvalue weighted by molar-refractivity contribution is 0.173. The monoisotopic (exact) mass is 331 g/mol. The van der Waals surface area contributed by atoms with E-state index < -0.39 is 16.1 Å². The Morgan fingerprint density at radius 1 is 1.22 bits per heavy atom. The van der Waals surface area contributed by atoms with E-state index in [1.54, 1.807) is 60.4 Å². The van der Waals surface area contributed by atoms with Gasteiger partial charge in [-0.25, -0.2) is 13.1 Å². The maximum atomic E-state index is 12.5. The summed E-state index contributed by atoms with van der Waals surface area (Å²) in [6.07, 6.45) is 2.43. The second kappa shape index (κ2) is 6.11. The minimum Gasteiger partial charge on any atom is -0.386 e. The van der Waals surface area contributed by atoms with Crippen molar-refractivity contribution in [3.05, 3.63) is 60.6 Å². The molecule has 0 saturated carbocycles. The van der Waals surface area contributed by atoms with Gasteiger partial charge in [0, 0.05) is 37.1 Å². The van der Waals surface area contributed by atoms with Crippen molar-refractivity contribution in [3.8, 4) is 0 Å². The summed E-state index contributed by atoms with van der Waals surface area (Å²) in [5.74, 6) is 0. The number of aryl methyl sites for hydroxylation is 1. The number of pyridine rings is 1. The summed E-state index contributed by atoms with van der Waals surface area (Å²) in [6.45, 7) is -0.108. The first-order valence-electron chi connectivity index (χ1n) is 7.12. The maximum absolute atomic E-state index is 12.5. The van der Waals surface area contributed by atoms with Gasteiger partial charge in [-0.15, -0.1) is 0 Å². The lowest BCUT2D eigenvalue weighted by Crippen LogP contribution is -2.29. The molecular weight excluding hydrogens is 314 g/mol. The van der Waals surface area contributed by atoms with Crippen molar-refractivity contribution in [2.24, 2.45) is 7.05 Å². The number of aromatic nitrogens is 2. The second-order valence-electron chi connectivity index (χ2n) is 5.24.